The summed E-state index contributed by atoms with van der Waals surface area (Å²) in [5.74, 6) is 1.33. The van der Waals surface area contributed by atoms with Gasteiger partial charge in [-0.15, -0.1) is 0 Å². The molecule has 118 valence electrons. The minimum atomic E-state index is -0.0184. The Labute approximate surface area is 136 Å². The second-order valence-electron chi connectivity index (χ2n) is 5.48. The van der Waals surface area contributed by atoms with Gasteiger partial charge in [0.15, 0.2) is 0 Å². The van der Waals surface area contributed by atoms with Crippen molar-refractivity contribution in [2.45, 2.75) is 46.6 Å². The highest BCUT2D eigenvalue weighted by Crippen LogP contribution is 2.29. The molecule has 4 nitrogen and oxygen atoms in total. The Hall–Kier alpha value is -0.940. The van der Waals surface area contributed by atoms with Crippen LogP contribution >= 0.6 is 15.9 Å². The molecule has 1 unspecified atom stereocenters. The molecule has 0 aliphatic rings. The molecule has 1 rings (SSSR count). The maximum Gasteiger partial charge on any atom is 0.228 e. The largest absolute Gasteiger partial charge is 0.477 e. The van der Waals surface area contributed by atoms with E-state index in [1.807, 2.05) is 19.9 Å². The molecule has 0 radical (unpaired) electrons. The second-order valence-corrected chi connectivity index (χ2v) is 6.34. The van der Waals surface area contributed by atoms with Gasteiger partial charge < -0.3 is 9.47 Å². The maximum atomic E-state index is 5.74. The topological polar surface area (TPSA) is 43.7 Å². The smallest absolute Gasteiger partial charge is 0.228 e. The van der Waals surface area contributed by atoms with Crippen molar-refractivity contribution in [3.63, 3.8) is 0 Å². The maximum absolute atomic E-state index is 5.74. The average molecular weight is 357 g/mol. The molecule has 0 aromatic carbocycles. The van der Waals surface area contributed by atoms with Crippen molar-refractivity contribution >= 4 is 27.8 Å². The number of rotatable bonds is 8. The molecule has 0 spiro atoms. The van der Waals surface area contributed by atoms with Crippen molar-refractivity contribution < 1.29 is 9.47 Å². The lowest BCUT2D eigenvalue weighted by Gasteiger charge is -2.10. The van der Waals surface area contributed by atoms with Gasteiger partial charge in [-0.2, -0.15) is 0 Å². The van der Waals surface area contributed by atoms with E-state index in [2.05, 4.69) is 39.8 Å². The fraction of sp³-hybridized carbons (Fsp3) is 0.625. The van der Waals surface area contributed by atoms with E-state index in [9.17, 15) is 0 Å². The molecule has 0 saturated heterocycles. The molecule has 1 aromatic heterocycles. The summed E-state index contributed by atoms with van der Waals surface area (Å²) in [6.45, 7) is 8.98. The Balaban J connectivity index is 2.68. The van der Waals surface area contributed by atoms with Crippen LogP contribution in [0.5, 0.6) is 5.88 Å². The number of halogens is 1. The van der Waals surface area contributed by atoms with Crippen LogP contribution in [-0.2, 0) is 4.74 Å². The highest BCUT2D eigenvalue weighted by Gasteiger charge is 2.08. The van der Waals surface area contributed by atoms with Crippen molar-refractivity contribution in [2.24, 2.45) is 10.9 Å². The lowest BCUT2D eigenvalue weighted by molar-refractivity contribution is 0.174. The van der Waals surface area contributed by atoms with Gasteiger partial charge in [-0.1, -0.05) is 13.8 Å². The molecular weight excluding hydrogens is 332 g/mol. The fourth-order valence-electron chi connectivity index (χ4n) is 1.69. The number of hydrogen-bond acceptors (Lipinski definition) is 4. The normalized spacial score (nSPS) is 13.1. The monoisotopic (exact) mass is 356 g/mol. The molecule has 0 saturated carbocycles. The fourth-order valence-corrected chi connectivity index (χ4v) is 2.11. The summed E-state index contributed by atoms with van der Waals surface area (Å²) in [6.07, 6.45) is 3.94. The predicted octanol–water partition coefficient (Wildman–Crippen LogP) is 4.70. The summed E-state index contributed by atoms with van der Waals surface area (Å²) in [5, 5.41) is 0. The first-order valence-electron chi connectivity index (χ1n) is 7.31. The lowest BCUT2D eigenvalue weighted by Crippen LogP contribution is -2.05. The van der Waals surface area contributed by atoms with E-state index in [-0.39, 0.29) is 6.10 Å². The summed E-state index contributed by atoms with van der Waals surface area (Å²) < 4.78 is 11.7. The van der Waals surface area contributed by atoms with E-state index in [1.165, 1.54) is 0 Å². The van der Waals surface area contributed by atoms with Gasteiger partial charge in [0.05, 0.1) is 28.6 Å². The molecule has 0 fully saturated rings. The van der Waals surface area contributed by atoms with E-state index >= 15 is 0 Å². The minimum absolute atomic E-state index is 0.0184. The van der Waals surface area contributed by atoms with Gasteiger partial charge >= 0.3 is 0 Å². The third-order valence-electron chi connectivity index (χ3n) is 3.07. The number of methoxy groups -OCH3 is 1. The summed E-state index contributed by atoms with van der Waals surface area (Å²) in [5.41, 5.74) is 1.66. The number of aromatic nitrogens is 1. The number of aliphatic imine (C=N–C) groups is 1. The molecule has 1 aromatic rings. The summed E-state index contributed by atoms with van der Waals surface area (Å²) in [7, 11) is 1.66. The number of hydrogen-bond donors (Lipinski definition) is 0. The van der Waals surface area contributed by atoms with Crippen molar-refractivity contribution in [1.82, 2.24) is 4.98 Å². The number of pyridine rings is 1. The van der Waals surface area contributed by atoms with E-state index < -0.39 is 0 Å². The second kappa shape index (κ2) is 9.15. The van der Waals surface area contributed by atoms with E-state index in [0.29, 0.717) is 18.4 Å². The van der Waals surface area contributed by atoms with Gasteiger partial charge in [-0.25, -0.2) is 4.98 Å². The van der Waals surface area contributed by atoms with Crippen LogP contribution in [0.25, 0.3) is 0 Å². The van der Waals surface area contributed by atoms with Gasteiger partial charge in [0, 0.05) is 13.3 Å². The first-order chi connectivity index (χ1) is 9.93. The van der Waals surface area contributed by atoms with Crippen LogP contribution in [0.3, 0.4) is 0 Å². The quantitative estimate of drug-likeness (QED) is 0.500. The first kappa shape index (κ1) is 18.1. The highest BCUT2D eigenvalue weighted by molar-refractivity contribution is 9.10. The van der Waals surface area contributed by atoms with Gasteiger partial charge in [-0.05, 0) is 54.6 Å². The van der Waals surface area contributed by atoms with E-state index in [0.717, 1.165) is 28.7 Å². The van der Waals surface area contributed by atoms with Crippen LogP contribution < -0.4 is 4.74 Å². The predicted molar refractivity (Wildman–Crippen MR) is 90.9 cm³/mol. The first-order valence-corrected chi connectivity index (χ1v) is 8.10. The standard InChI is InChI=1S/C16H25BrN2O2/c1-11(2)7-6-8-21-16-14(17)9-15(13(4)19-16)18-10-12(3)20-5/h9-12H,6-8H2,1-5H3. The minimum Gasteiger partial charge on any atom is -0.477 e. The number of ether oxygens (including phenoxy) is 2. The van der Waals surface area contributed by atoms with Crippen molar-refractivity contribution in [3.05, 3.63) is 16.2 Å². The van der Waals surface area contributed by atoms with Gasteiger partial charge in [0.2, 0.25) is 5.88 Å². The Bertz CT molecular complexity index is 476. The molecule has 0 aliphatic heterocycles. The number of aryl methyl sites for hydroxylation is 1. The third kappa shape index (κ3) is 6.57. The molecule has 0 N–H and O–H groups in total. The van der Waals surface area contributed by atoms with Crippen LogP contribution in [0.1, 0.15) is 39.3 Å². The SMILES string of the molecule is COC(C)C=Nc1cc(Br)c(OCCCC(C)C)nc1C. The highest BCUT2D eigenvalue weighted by atomic mass is 79.9. The van der Waals surface area contributed by atoms with Crippen LogP contribution in [-0.4, -0.2) is 31.0 Å². The molecule has 21 heavy (non-hydrogen) atoms. The van der Waals surface area contributed by atoms with Crippen LogP contribution in [0.15, 0.2) is 15.5 Å². The van der Waals surface area contributed by atoms with Crippen LogP contribution in [0, 0.1) is 12.8 Å². The zero-order valence-electron chi connectivity index (χ0n) is 13.5. The van der Waals surface area contributed by atoms with Crippen molar-refractivity contribution in [3.8, 4) is 5.88 Å². The van der Waals surface area contributed by atoms with E-state index in [4.69, 9.17) is 9.47 Å². The molecule has 1 heterocycles. The Morgan fingerprint density at radius 3 is 2.71 bits per heavy atom. The Morgan fingerprint density at radius 2 is 2.10 bits per heavy atom. The molecule has 5 heteroatoms. The van der Waals surface area contributed by atoms with Gasteiger partial charge in [0.1, 0.15) is 0 Å². The summed E-state index contributed by atoms with van der Waals surface area (Å²) in [6, 6.07) is 1.93. The van der Waals surface area contributed by atoms with E-state index in [1.54, 1.807) is 13.3 Å². The van der Waals surface area contributed by atoms with Gasteiger partial charge in [0.25, 0.3) is 0 Å². The van der Waals surface area contributed by atoms with Crippen molar-refractivity contribution in [2.75, 3.05) is 13.7 Å². The molecular formula is C16H25BrN2O2. The molecule has 1 atom stereocenters. The molecule has 0 bridgehead atoms. The van der Waals surface area contributed by atoms with Crippen LogP contribution in [0.2, 0.25) is 0 Å². The molecule has 0 amide bonds. The van der Waals surface area contributed by atoms with Crippen molar-refractivity contribution in [1.29, 1.82) is 0 Å². The van der Waals surface area contributed by atoms with Gasteiger partial charge in [-0.3, -0.25) is 4.99 Å². The summed E-state index contributed by atoms with van der Waals surface area (Å²) >= 11 is 3.49. The zero-order valence-corrected chi connectivity index (χ0v) is 15.1. The van der Waals surface area contributed by atoms with Crippen LogP contribution in [0.4, 0.5) is 5.69 Å². The Kier molecular flexibility index (Phi) is 7.89. The third-order valence-corrected chi connectivity index (χ3v) is 3.64. The number of nitrogens with zero attached hydrogens (tertiary/aromatic N) is 2. The lowest BCUT2D eigenvalue weighted by atomic mass is 10.1. The Morgan fingerprint density at radius 1 is 1.38 bits per heavy atom. The molecule has 0 aliphatic carbocycles. The summed E-state index contributed by atoms with van der Waals surface area (Å²) in [4.78, 5) is 8.87. The zero-order chi connectivity index (χ0) is 15.8. The average Bonchev–Trinajstić information content (AvgIpc) is 2.44.